The molecule has 1 amide bonds. The lowest BCUT2D eigenvalue weighted by Crippen LogP contribution is -2.38. The van der Waals surface area contributed by atoms with E-state index >= 15 is 0 Å². The lowest BCUT2D eigenvalue weighted by Gasteiger charge is -2.31. The number of hydrogen-bond acceptors (Lipinski definition) is 4. The smallest absolute Gasteiger partial charge is 0.219 e. The van der Waals surface area contributed by atoms with Gasteiger partial charge in [0.25, 0.3) is 0 Å². The Bertz CT molecular complexity index is 473. The van der Waals surface area contributed by atoms with Gasteiger partial charge >= 0.3 is 0 Å². The molecule has 1 atom stereocenters. The zero-order valence-electron chi connectivity index (χ0n) is 12.2. The molecular formula is C14H22N4O. The van der Waals surface area contributed by atoms with E-state index in [0.29, 0.717) is 0 Å². The normalized spacial score (nSPS) is 19.4. The van der Waals surface area contributed by atoms with Crippen molar-refractivity contribution in [3.05, 3.63) is 17.6 Å². The van der Waals surface area contributed by atoms with Crippen LogP contribution in [-0.4, -0.2) is 48.0 Å². The predicted octanol–water partition coefficient (Wildman–Crippen LogP) is 1.58. The van der Waals surface area contributed by atoms with Crippen LogP contribution in [0.2, 0.25) is 0 Å². The number of aromatic nitrogens is 2. The Hall–Kier alpha value is -1.65. The van der Waals surface area contributed by atoms with Crippen molar-refractivity contribution in [3.63, 3.8) is 0 Å². The number of aryl methyl sites for hydroxylation is 1. The highest BCUT2D eigenvalue weighted by molar-refractivity contribution is 5.73. The summed E-state index contributed by atoms with van der Waals surface area (Å²) in [6.07, 6.45) is 2.08. The molecule has 19 heavy (non-hydrogen) atoms. The Morgan fingerprint density at radius 3 is 2.79 bits per heavy atom. The quantitative estimate of drug-likeness (QED) is 0.812. The molecule has 1 aromatic heterocycles. The fourth-order valence-electron chi connectivity index (χ4n) is 2.46. The lowest BCUT2D eigenvalue weighted by molar-refractivity contribution is -0.130. The molecule has 1 saturated heterocycles. The summed E-state index contributed by atoms with van der Waals surface area (Å²) in [5, 5.41) is 0. The number of piperidine rings is 1. The van der Waals surface area contributed by atoms with Gasteiger partial charge in [-0.1, -0.05) is 0 Å². The van der Waals surface area contributed by atoms with E-state index in [1.54, 1.807) is 6.92 Å². The average molecular weight is 262 g/mol. The highest BCUT2D eigenvalue weighted by Crippen LogP contribution is 2.26. The lowest BCUT2D eigenvalue weighted by atomic mass is 9.97. The Morgan fingerprint density at radius 2 is 2.16 bits per heavy atom. The monoisotopic (exact) mass is 262 g/mol. The first-order chi connectivity index (χ1) is 8.97. The molecule has 2 rings (SSSR count). The number of amides is 1. The molecular weight excluding hydrogens is 240 g/mol. The van der Waals surface area contributed by atoms with Crippen LogP contribution in [0.1, 0.15) is 37.2 Å². The maximum atomic E-state index is 11.5. The molecule has 0 saturated carbocycles. The molecule has 1 aliphatic heterocycles. The van der Waals surface area contributed by atoms with Crippen molar-refractivity contribution in [1.82, 2.24) is 14.9 Å². The van der Waals surface area contributed by atoms with E-state index in [9.17, 15) is 4.79 Å². The molecule has 104 valence electrons. The highest BCUT2D eigenvalue weighted by Gasteiger charge is 2.25. The van der Waals surface area contributed by atoms with Gasteiger partial charge in [-0.25, -0.2) is 9.97 Å². The topological polar surface area (TPSA) is 49.3 Å². The largest absolute Gasteiger partial charge is 0.363 e. The third-order valence-corrected chi connectivity index (χ3v) is 3.55. The number of carbonyl (C=O) groups is 1. The summed E-state index contributed by atoms with van der Waals surface area (Å²) in [5.74, 6) is 2.21. The van der Waals surface area contributed by atoms with E-state index in [-0.39, 0.29) is 11.8 Å². The van der Waals surface area contributed by atoms with Crippen LogP contribution >= 0.6 is 0 Å². The molecule has 0 aromatic carbocycles. The van der Waals surface area contributed by atoms with Crippen LogP contribution in [0.3, 0.4) is 0 Å². The Balaban J connectivity index is 2.23. The summed E-state index contributed by atoms with van der Waals surface area (Å²) in [4.78, 5) is 24.6. The van der Waals surface area contributed by atoms with E-state index in [1.165, 1.54) is 0 Å². The molecule has 0 unspecified atom stereocenters. The minimum atomic E-state index is 0.144. The molecule has 1 aliphatic rings. The van der Waals surface area contributed by atoms with Crippen molar-refractivity contribution < 1.29 is 4.79 Å². The van der Waals surface area contributed by atoms with Crippen LogP contribution < -0.4 is 4.90 Å². The second-order valence-electron chi connectivity index (χ2n) is 5.42. The van der Waals surface area contributed by atoms with Gasteiger partial charge in [-0.2, -0.15) is 0 Å². The fourth-order valence-corrected chi connectivity index (χ4v) is 2.46. The van der Waals surface area contributed by atoms with Crippen molar-refractivity contribution in [1.29, 1.82) is 0 Å². The van der Waals surface area contributed by atoms with Crippen molar-refractivity contribution in [2.45, 2.75) is 32.6 Å². The molecule has 0 N–H and O–H groups in total. The zero-order valence-corrected chi connectivity index (χ0v) is 12.2. The molecule has 0 bridgehead atoms. The van der Waals surface area contributed by atoms with E-state index in [4.69, 9.17) is 0 Å². The summed E-state index contributed by atoms with van der Waals surface area (Å²) < 4.78 is 0. The minimum Gasteiger partial charge on any atom is -0.363 e. The van der Waals surface area contributed by atoms with E-state index < -0.39 is 0 Å². The van der Waals surface area contributed by atoms with E-state index in [0.717, 1.165) is 43.3 Å². The standard InChI is InChI=1S/C14H22N4O/c1-10-8-13(17(3)4)16-14(15-10)12-6-5-7-18(9-12)11(2)19/h8,12H,5-7,9H2,1-4H3/t12-/m1/s1. The van der Waals surface area contributed by atoms with Crippen molar-refractivity contribution in [3.8, 4) is 0 Å². The van der Waals surface area contributed by atoms with Crippen LogP contribution in [0, 0.1) is 6.92 Å². The number of nitrogens with zero attached hydrogens (tertiary/aromatic N) is 4. The van der Waals surface area contributed by atoms with Crippen LogP contribution in [0.25, 0.3) is 0 Å². The average Bonchev–Trinajstić information content (AvgIpc) is 2.38. The summed E-state index contributed by atoms with van der Waals surface area (Å²) >= 11 is 0. The summed E-state index contributed by atoms with van der Waals surface area (Å²) in [5.41, 5.74) is 0.980. The predicted molar refractivity (Wildman–Crippen MR) is 75.3 cm³/mol. The molecule has 0 spiro atoms. The molecule has 1 fully saturated rings. The van der Waals surface area contributed by atoms with Gasteiger partial charge < -0.3 is 9.80 Å². The van der Waals surface area contributed by atoms with Crippen molar-refractivity contribution in [2.24, 2.45) is 0 Å². The number of likely N-dealkylation sites (tertiary alicyclic amines) is 1. The fraction of sp³-hybridized carbons (Fsp3) is 0.643. The molecule has 0 radical (unpaired) electrons. The van der Waals surface area contributed by atoms with E-state index in [1.807, 2.05) is 36.9 Å². The number of carbonyl (C=O) groups excluding carboxylic acids is 1. The maximum Gasteiger partial charge on any atom is 0.219 e. The third-order valence-electron chi connectivity index (χ3n) is 3.55. The van der Waals surface area contributed by atoms with Crippen LogP contribution in [0.4, 0.5) is 5.82 Å². The first-order valence-electron chi connectivity index (χ1n) is 6.76. The van der Waals surface area contributed by atoms with Gasteiger partial charge in [0.2, 0.25) is 5.91 Å². The molecule has 2 heterocycles. The van der Waals surface area contributed by atoms with E-state index in [2.05, 4.69) is 9.97 Å². The number of hydrogen-bond donors (Lipinski definition) is 0. The molecule has 1 aromatic rings. The van der Waals surface area contributed by atoms with Gasteiger partial charge in [0.1, 0.15) is 11.6 Å². The zero-order chi connectivity index (χ0) is 14.0. The van der Waals surface area contributed by atoms with Gasteiger partial charge in [-0.3, -0.25) is 4.79 Å². The number of rotatable bonds is 2. The maximum absolute atomic E-state index is 11.5. The van der Waals surface area contributed by atoms with Gasteiger partial charge in [0, 0.05) is 51.8 Å². The first kappa shape index (κ1) is 13.8. The second-order valence-corrected chi connectivity index (χ2v) is 5.42. The SMILES string of the molecule is CC(=O)N1CCC[C@@H](c2nc(C)cc(N(C)C)n2)C1. The Morgan fingerprint density at radius 1 is 1.42 bits per heavy atom. The van der Waals surface area contributed by atoms with Crippen LogP contribution in [0.15, 0.2) is 6.07 Å². The summed E-state index contributed by atoms with van der Waals surface area (Å²) in [6.45, 7) is 5.22. The molecule has 5 heteroatoms. The Labute approximate surface area is 114 Å². The second kappa shape index (κ2) is 5.55. The highest BCUT2D eigenvalue weighted by atomic mass is 16.2. The molecule has 0 aliphatic carbocycles. The summed E-state index contributed by atoms with van der Waals surface area (Å²) in [7, 11) is 3.96. The summed E-state index contributed by atoms with van der Waals surface area (Å²) in [6, 6.07) is 1.98. The van der Waals surface area contributed by atoms with Gasteiger partial charge in [-0.15, -0.1) is 0 Å². The first-order valence-corrected chi connectivity index (χ1v) is 6.76. The van der Waals surface area contributed by atoms with Crippen molar-refractivity contribution >= 4 is 11.7 Å². The van der Waals surface area contributed by atoms with Gasteiger partial charge in [0.15, 0.2) is 0 Å². The third kappa shape index (κ3) is 3.22. The van der Waals surface area contributed by atoms with Crippen molar-refractivity contribution in [2.75, 3.05) is 32.1 Å². The molecule has 5 nitrogen and oxygen atoms in total. The van der Waals surface area contributed by atoms with Gasteiger partial charge in [0.05, 0.1) is 0 Å². The Kier molecular flexibility index (Phi) is 4.02. The number of anilines is 1. The van der Waals surface area contributed by atoms with Crippen LogP contribution in [0.5, 0.6) is 0 Å². The van der Waals surface area contributed by atoms with Crippen LogP contribution in [-0.2, 0) is 4.79 Å². The van der Waals surface area contributed by atoms with Gasteiger partial charge in [-0.05, 0) is 19.8 Å². The minimum absolute atomic E-state index is 0.144.